The van der Waals surface area contributed by atoms with Crippen molar-refractivity contribution >= 4 is 49.5 Å². The Balaban J connectivity index is 1.66. The summed E-state index contributed by atoms with van der Waals surface area (Å²) in [5.74, 6) is -0.0403. The van der Waals surface area contributed by atoms with Crippen LogP contribution in [0.3, 0.4) is 0 Å². The molecule has 8 nitrogen and oxygen atoms in total. The molecule has 3 aromatic heterocycles. The molecule has 9 heteroatoms. The van der Waals surface area contributed by atoms with Gasteiger partial charge in [-0.25, -0.2) is 9.78 Å². The number of benzene rings is 2. The SMILES string of the molecule is COC(=O)c1nc(Br)ccc1N[C@H](C)c1cc(C)cc2c(=O)c(C)c(-c3ccc4nn(C)cc4c3)oc12. The number of rotatable bonds is 5. The summed E-state index contributed by atoms with van der Waals surface area (Å²) in [4.78, 5) is 30.1. The molecule has 2 aromatic carbocycles. The number of pyridine rings is 1. The molecule has 3 heterocycles. The lowest BCUT2D eigenvalue weighted by molar-refractivity contribution is 0.0595. The summed E-state index contributed by atoms with van der Waals surface area (Å²) < 4.78 is 13.7. The van der Waals surface area contributed by atoms with Gasteiger partial charge in [0.1, 0.15) is 15.9 Å². The molecular formula is C28H25BrN4O4. The third-order valence-corrected chi connectivity index (χ3v) is 6.79. The topological polar surface area (TPSA) is 99.2 Å². The third-order valence-electron chi connectivity index (χ3n) is 6.35. The number of esters is 1. The minimum Gasteiger partial charge on any atom is -0.464 e. The molecule has 0 aliphatic heterocycles. The highest BCUT2D eigenvalue weighted by Crippen LogP contribution is 2.33. The van der Waals surface area contributed by atoms with Crippen molar-refractivity contribution in [1.82, 2.24) is 14.8 Å². The van der Waals surface area contributed by atoms with Crippen LogP contribution in [-0.4, -0.2) is 27.8 Å². The van der Waals surface area contributed by atoms with Gasteiger partial charge < -0.3 is 14.5 Å². The number of methoxy groups -OCH3 is 1. The lowest BCUT2D eigenvalue weighted by Gasteiger charge is -2.20. The molecule has 0 aliphatic carbocycles. The second-order valence-electron chi connectivity index (χ2n) is 9.08. The summed E-state index contributed by atoms with van der Waals surface area (Å²) >= 11 is 3.31. The second-order valence-corrected chi connectivity index (χ2v) is 9.89. The fourth-order valence-corrected chi connectivity index (χ4v) is 4.88. The molecule has 1 N–H and O–H groups in total. The van der Waals surface area contributed by atoms with Crippen molar-refractivity contribution in [3.05, 3.63) is 85.9 Å². The van der Waals surface area contributed by atoms with Gasteiger partial charge in [0.25, 0.3) is 0 Å². The Labute approximate surface area is 221 Å². The zero-order valence-corrected chi connectivity index (χ0v) is 22.6. The predicted molar refractivity (Wildman–Crippen MR) is 147 cm³/mol. The van der Waals surface area contributed by atoms with Crippen LogP contribution in [0.25, 0.3) is 33.2 Å². The standard InChI is InChI=1S/C28H25BrN4O4/c1-14-10-19(16(3)30-22-8-9-23(29)31-24(22)28(35)36-5)27-20(11-14)25(34)15(2)26(37-27)17-6-7-21-18(12-17)13-33(4)32-21/h6-13,16,30H,1-5H3/t16-/m1/s1. The van der Waals surface area contributed by atoms with Crippen LogP contribution in [0.2, 0.25) is 0 Å². The number of aromatic nitrogens is 3. The Morgan fingerprint density at radius 3 is 2.70 bits per heavy atom. The van der Waals surface area contributed by atoms with Crippen LogP contribution in [0.15, 0.2) is 62.5 Å². The van der Waals surface area contributed by atoms with Crippen LogP contribution in [0, 0.1) is 13.8 Å². The van der Waals surface area contributed by atoms with Gasteiger partial charge >= 0.3 is 5.97 Å². The number of halogens is 1. The Kier molecular flexibility index (Phi) is 6.33. The average molecular weight is 561 g/mol. The molecule has 0 amide bonds. The first-order valence-electron chi connectivity index (χ1n) is 11.7. The van der Waals surface area contributed by atoms with Gasteiger partial charge in [-0.2, -0.15) is 5.10 Å². The summed E-state index contributed by atoms with van der Waals surface area (Å²) in [6.07, 6.45) is 1.93. The van der Waals surface area contributed by atoms with E-state index in [4.69, 9.17) is 9.15 Å². The first-order valence-corrected chi connectivity index (χ1v) is 12.5. The largest absolute Gasteiger partial charge is 0.464 e. The van der Waals surface area contributed by atoms with Crippen molar-refractivity contribution in [2.45, 2.75) is 26.8 Å². The Morgan fingerprint density at radius 1 is 1.16 bits per heavy atom. The zero-order valence-electron chi connectivity index (χ0n) is 21.0. The van der Waals surface area contributed by atoms with Crippen molar-refractivity contribution < 1.29 is 13.9 Å². The monoisotopic (exact) mass is 560 g/mol. The molecule has 1 atom stereocenters. The summed E-state index contributed by atoms with van der Waals surface area (Å²) in [7, 11) is 3.18. The molecule has 0 saturated carbocycles. The Morgan fingerprint density at radius 2 is 1.95 bits per heavy atom. The van der Waals surface area contributed by atoms with Crippen LogP contribution in [-0.2, 0) is 11.8 Å². The number of hydrogen-bond acceptors (Lipinski definition) is 7. The van der Waals surface area contributed by atoms with Crippen LogP contribution in [0.1, 0.15) is 40.1 Å². The summed E-state index contributed by atoms with van der Waals surface area (Å²) in [6.45, 7) is 5.67. The minimum absolute atomic E-state index is 0.0831. The molecule has 0 fully saturated rings. The Bertz CT molecular complexity index is 1760. The van der Waals surface area contributed by atoms with Gasteiger partial charge in [0, 0.05) is 35.3 Å². The number of anilines is 1. The van der Waals surface area contributed by atoms with E-state index >= 15 is 0 Å². The van der Waals surface area contributed by atoms with Gasteiger partial charge in [0.05, 0.1) is 29.7 Å². The van der Waals surface area contributed by atoms with Crippen LogP contribution in [0.4, 0.5) is 5.69 Å². The Hall–Kier alpha value is -3.98. The number of ether oxygens (including phenoxy) is 1. The number of aryl methyl sites for hydroxylation is 2. The number of nitrogens with one attached hydrogen (secondary N) is 1. The van der Waals surface area contributed by atoms with Crippen molar-refractivity contribution in [3.63, 3.8) is 0 Å². The zero-order chi connectivity index (χ0) is 26.4. The number of fused-ring (bicyclic) bond motifs is 2. The third kappa shape index (κ3) is 4.51. The van der Waals surface area contributed by atoms with Gasteiger partial charge in [-0.1, -0.05) is 6.07 Å². The first-order chi connectivity index (χ1) is 17.7. The smallest absolute Gasteiger partial charge is 0.358 e. The molecular weight excluding hydrogens is 536 g/mol. The highest BCUT2D eigenvalue weighted by atomic mass is 79.9. The quantitative estimate of drug-likeness (QED) is 0.205. The summed E-state index contributed by atoms with van der Waals surface area (Å²) in [6, 6.07) is 12.8. The van der Waals surface area contributed by atoms with Gasteiger partial charge in [-0.05, 0) is 78.7 Å². The minimum atomic E-state index is -0.555. The van der Waals surface area contributed by atoms with E-state index in [9.17, 15) is 9.59 Å². The van der Waals surface area contributed by atoms with E-state index in [1.54, 1.807) is 23.7 Å². The number of carbonyl (C=O) groups excluding carboxylic acids is 1. The van der Waals surface area contributed by atoms with Gasteiger partial charge in [0.2, 0.25) is 0 Å². The lowest BCUT2D eigenvalue weighted by atomic mass is 9.98. The van der Waals surface area contributed by atoms with Gasteiger partial charge in [-0.3, -0.25) is 9.48 Å². The van der Waals surface area contributed by atoms with Crippen molar-refractivity contribution in [1.29, 1.82) is 0 Å². The van der Waals surface area contributed by atoms with E-state index in [1.165, 1.54) is 7.11 Å². The second kappa shape index (κ2) is 9.48. The molecule has 0 spiro atoms. The molecule has 0 radical (unpaired) electrons. The van der Waals surface area contributed by atoms with E-state index < -0.39 is 5.97 Å². The summed E-state index contributed by atoms with van der Waals surface area (Å²) in [5, 5.41) is 9.25. The maximum Gasteiger partial charge on any atom is 0.358 e. The van der Waals surface area contributed by atoms with E-state index in [0.29, 0.717) is 32.6 Å². The summed E-state index contributed by atoms with van der Waals surface area (Å²) in [5.41, 5.74) is 4.99. The van der Waals surface area contributed by atoms with Crippen LogP contribution >= 0.6 is 15.9 Å². The van der Waals surface area contributed by atoms with Crippen molar-refractivity contribution in [3.8, 4) is 11.3 Å². The molecule has 5 rings (SSSR count). The molecule has 188 valence electrons. The van der Waals surface area contributed by atoms with Gasteiger partial charge in [-0.15, -0.1) is 0 Å². The molecule has 0 bridgehead atoms. The van der Waals surface area contributed by atoms with E-state index in [-0.39, 0.29) is 17.2 Å². The lowest BCUT2D eigenvalue weighted by Crippen LogP contribution is -2.15. The molecule has 5 aromatic rings. The average Bonchev–Trinajstić information content (AvgIpc) is 3.25. The van der Waals surface area contributed by atoms with Crippen LogP contribution < -0.4 is 10.7 Å². The van der Waals surface area contributed by atoms with Crippen molar-refractivity contribution in [2.24, 2.45) is 7.05 Å². The number of carbonyl (C=O) groups is 1. The molecule has 0 unspecified atom stereocenters. The first kappa shape index (κ1) is 24.7. The normalized spacial score (nSPS) is 12.2. The van der Waals surface area contributed by atoms with Gasteiger partial charge in [0.15, 0.2) is 11.1 Å². The maximum absolute atomic E-state index is 13.5. The highest BCUT2D eigenvalue weighted by molar-refractivity contribution is 9.10. The predicted octanol–water partition coefficient (Wildman–Crippen LogP) is 6.08. The van der Waals surface area contributed by atoms with E-state index in [1.807, 2.05) is 57.4 Å². The van der Waals surface area contributed by atoms with E-state index in [0.717, 1.165) is 27.6 Å². The fourth-order valence-electron chi connectivity index (χ4n) is 4.57. The number of nitrogens with zero attached hydrogens (tertiary/aromatic N) is 3. The van der Waals surface area contributed by atoms with Crippen LogP contribution in [0.5, 0.6) is 0 Å². The molecule has 37 heavy (non-hydrogen) atoms. The number of hydrogen-bond donors (Lipinski definition) is 1. The fraction of sp³-hybridized carbons (Fsp3) is 0.214. The maximum atomic E-state index is 13.5. The molecule has 0 saturated heterocycles. The van der Waals surface area contributed by atoms with E-state index in [2.05, 4.69) is 31.3 Å². The highest BCUT2D eigenvalue weighted by Gasteiger charge is 2.21. The molecule has 0 aliphatic rings. The van der Waals surface area contributed by atoms with Crippen molar-refractivity contribution in [2.75, 3.05) is 12.4 Å².